The van der Waals surface area contributed by atoms with Crippen LogP contribution < -0.4 is 0 Å². The van der Waals surface area contributed by atoms with Crippen molar-refractivity contribution in [3.63, 3.8) is 0 Å². The molecule has 92 valence electrons. The molecule has 3 heteroatoms. The first-order valence-electron chi connectivity index (χ1n) is 6.09. The standard InChI is InChI=1S/C14H18O2S/c1-17-9-8-16-14(15)13-7-6-11-4-2-3-5-12(11)10-13/h6-7,10H,2-5,8-9H2,1H3. The Bertz CT molecular complexity index is 401. The molecule has 0 atom stereocenters. The summed E-state index contributed by atoms with van der Waals surface area (Å²) < 4.78 is 5.20. The van der Waals surface area contributed by atoms with Crippen LogP contribution in [0.3, 0.4) is 0 Å². The largest absolute Gasteiger partial charge is 0.461 e. The van der Waals surface area contributed by atoms with Crippen LogP contribution in [0.1, 0.15) is 34.3 Å². The molecule has 1 aromatic rings. The zero-order chi connectivity index (χ0) is 12.1. The predicted molar refractivity (Wildman–Crippen MR) is 71.7 cm³/mol. The Morgan fingerprint density at radius 1 is 1.29 bits per heavy atom. The molecule has 1 aromatic carbocycles. The smallest absolute Gasteiger partial charge is 0.338 e. The number of fused-ring (bicyclic) bond motifs is 1. The van der Waals surface area contributed by atoms with Crippen LogP contribution in [0.15, 0.2) is 18.2 Å². The van der Waals surface area contributed by atoms with Crippen molar-refractivity contribution in [2.24, 2.45) is 0 Å². The van der Waals surface area contributed by atoms with E-state index in [-0.39, 0.29) is 5.97 Å². The molecule has 1 aliphatic rings. The van der Waals surface area contributed by atoms with Gasteiger partial charge in [-0.2, -0.15) is 11.8 Å². The van der Waals surface area contributed by atoms with Gasteiger partial charge in [0, 0.05) is 5.75 Å². The van der Waals surface area contributed by atoms with Crippen molar-refractivity contribution >= 4 is 17.7 Å². The van der Waals surface area contributed by atoms with E-state index >= 15 is 0 Å². The summed E-state index contributed by atoms with van der Waals surface area (Å²) >= 11 is 1.68. The van der Waals surface area contributed by atoms with Crippen LogP contribution in [0.5, 0.6) is 0 Å². The van der Waals surface area contributed by atoms with E-state index in [4.69, 9.17) is 4.74 Å². The second kappa shape index (κ2) is 6.10. The maximum atomic E-state index is 11.8. The van der Waals surface area contributed by atoms with Crippen molar-refractivity contribution in [3.05, 3.63) is 34.9 Å². The number of carbonyl (C=O) groups excluding carboxylic acids is 1. The van der Waals surface area contributed by atoms with Crippen molar-refractivity contribution in [1.29, 1.82) is 0 Å². The monoisotopic (exact) mass is 250 g/mol. The van der Waals surface area contributed by atoms with Gasteiger partial charge in [-0.25, -0.2) is 4.79 Å². The molecule has 0 unspecified atom stereocenters. The van der Waals surface area contributed by atoms with E-state index in [2.05, 4.69) is 6.07 Å². The number of aryl methyl sites for hydroxylation is 2. The number of thioether (sulfide) groups is 1. The molecule has 0 bridgehead atoms. The Morgan fingerprint density at radius 3 is 2.82 bits per heavy atom. The summed E-state index contributed by atoms with van der Waals surface area (Å²) in [6.07, 6.45) is 6.76. The van der Waals surface area contributed by atoms with Crippen molar-refractivity contribution in [3.8, 4) is 0 Å². The molecule has 0 heterocycles. The highest BCUT2D eigenvalue weighted by molar-refractivity contribution is 7.98. The fraction of sp³-hybridized carbons (Fsp3) is 0.500. The number of esters is 1. The van der Waals surface area contributed by atoms with E-state index in [1.807, 2.05) is 18.4 Å². The molecule has 0 radical (unpaired) electrons. The molecule has 1 aliphatic carbocycles. The van der Waals surface area contributed by atoms with Gasteiger partial charge >= 0.3 is 5.97 Å². The van der Waals surface area contributed by atoms with E-state index < -0.39 is 0 Å². The molecule has 0 saturated carbocycles. The van der Waals surface area contributed by atoms with Crippen LogP contribution in [0.4, 0.5) is 0 Å². The van der Waals surface area contributed by atoms with Gasteiger partial charge in [0.1, 0.15) is 6.61 Å². The zero-order valence-electron chi connectivity index (χ0n) is 10.2. The van der Waals surface area contributed by atoms with Crippen LogP contribution in [-0.2, 0) is 17.6 Å². The summed E-state index contributed by atoms with van der Waals surface area (Å²) in [7, 11) is 0. The van der Waals surface area contributed by atoms with Crippen molar-refractivity contribution in [2.45, 2.75) is 25.7 Å². The van der Waals surface area contributed by atoms with E-state index in [9.17, 15) is 4.79 Å². The van der Waals surface area contributed by atoms with Gasteiger partial charge in [0.2, 0.25) is 0 Å². The van der Waals surface area contributed by atoms with E-state index in [0.717, 1.165) is 18.6 Å². The van der Waals surface area contributed by atoms with Gasteiger partial charge in [0.05, 0.1) is 5.56 Å². The summed E-state index contributed by atoms with van der Waals surface area (Å²) in [5, 5.41) is 0. The zero-order valence-corrected chi connectivity index (χ0v) is 11.0. The average molecular weight is 250 g/mol. The number of rotatable bonds is 4. The highest BCUT2D eigenvalue weighted by Gasteiger charge is 2.13. The first-order valence-corrected chi connectivity index (χ1v) is 7.48. The molecule has 2 nitrogen and oxygen atoms in total. The molecule has 2 rings (SSSR count). The number of ether oxygens (including phenoxy) is 1. The SMILES string of the molecule is CSCCOC(=O)c1ccc2c(c1)CCCC2. The number of benzene rings is 1. The predicted octanol–water partition coefficient (Wildman–Crippen LogP) is 3.09. The Balaban J connectivity index is 2.03. The Labute approximate surface area is 107 Å². The lowest BCUT2D eigenvalue weighted by molar-refractivity contribution is 0.0530. The Hall–Kier alpha value is -0.960. The van der Waals surface area contributed by atoms with Crippen molar-refractivity contribution in [1.82, 2.24) is 0 Å². The molecule has 0 amide bonds. The van der Waals surface area contributed by atoms with Crippen molar-refractivity contribution < 1.29 is 9.53 Å². The summed E-state index contributed by atoms with van der Waals surface area (Å²) in [4.78, 5) is 11.8. The fourth-order valence-electron chi connectivity index (χ4n) is 2.16. The summed E-state index contributed by atoms with van der Waals surface area (Å²) in [5.41, 5.74) is 3.43. The van der Waals surface area contributed by atoms with E-state index in [1.165, 1.54) is 24.0 Å². The van der Waals surface area contributed by atoms with Gasteiger partial charge in [-0.3, -0.25) is 0 Å². The van der Waals surface area contributed by atoms with E-state index in [1.54, 1.807) is 11.8 Å². The van der Waals surface area contributed by atoms with Crippen LogP contribution in [-0.4, -0.2) is 24.6 Å². The van der Waals surface area contributed by atoms with Gasteiger partial charge in [-0.1, -0.05) is 6.07 Å². The lowest BCUT2D eigenvalue weighted by Crippen LogP contribution is -2.10. The molecule has 17 heavy (non-hydrogen) atoms. The third-order valence-corrected chi connectivity index (χ3v) is 3.68. The fourth-order valence-corrected chi connectivity index (χ4v) is 2.41. The first kappa shape index (κ1) is 12.5. The third-order valence-electron chi connectivity index (χ3n) is 3.10. The lowest BCUT2D eigenvalue weighted by atomic mass is 9.90. The quantitative estimate of drug-likeness (QED) is 0.607. The van der Waals surface area contributed by atoms with E-state index in [0.29, 0.717) is 12.2 Å². The molecule has 0 aromatic heterocycles. The summed E-state index contributed by atoms with van der Waals surface area (Å²) in [6.45, 7) is 0.497. The van der Waals surface area contributed by atoms with Gasteiger partial charge in [0.15, 0.2) is 0 Å². The van der Waals surface area contributed by atoms with Crippen LogP contribution in [0.25, 0.3) is 0 Å². The molecule has 0 saturated heterocycles. The second-order valence-corrected chi connectivity index (χ2v) is 5.30. The van der Waals surface area contributed by atoms with Gasteiger partial charge in [-0.05, 0) is 55.2 Å². The van der Waals surface area contributed by atoms with Crippen LogP contribution in [0, 0.1) is 0 Å². The lowest BCUT2D eigenvalue weighted by Gasteiger charge is -2.16. The van der Waals surface area contributed by atoms with Crippen LogP contribution >= 0.6 is 11.8 Å². The summed E-state index contributed by atoms with van der Waals surface area (Å²) in [5.74, 6) is 0.670. The minimum absolute atomic E-state index is 0.188. The Morgan fingerprint density at radius 2 is 2.06 bits per heavy atom. The first-order chi connectivity index (χ1) is 8.31. The van der Waals surface area contributed by atoms with Crippen LogP contribution in [0.2, 0.25) is 0 Å². The maximum absolute atomic E-state index is 11.8. The molecule has 0 fully saturated rings. The highest BCUT2D eigenvalue weighted by atomic mass is 32.2. The van der Waals surface area contributed by atoms with Gasteiger partial charge in [0.25, 0.3) is 0 Å². The molecular weight excluding hydrogens is 232 g/mol. The molecule has 0 N–H and O–H groups in total. The minimum atomic E-state index is -0.188. The summed E-state index contributed by atoms with van der Waals surface area (Å²) in [6, 6.07) is 5.99. The second-order valence-electron chi connectivity index (χ2n) is 4.32. The number of carbonyl (C=O) groups is 1. The normalized spacial score (nSPS) is 14.2. The maximum Gasteiger partial charge on any atom is 0.338 e. The highest BCUT2D eigenvalue weighted by Crippen LogP contribution is 2.22. The number of hydrogen-bond donors (Lipinski definition) is 0. The molecular formula is C14H18O2S. The average Bonchev–Trinajstić information content (AvgIpc) is 2.38. The van der Waals surface area contributed by atoms with Crippen molar-refractivity contribution in [2.75, 3.05) is 18.6 Å². The van der Waals surface area contributed by atoms with Gasteiger partial charge in [-0.15, -0.1) is 0 Å². The number of hydrogen-bond acceptors (Lipinski definition) is 3. The minimum Gasteiger partial charge on any atom is -0.461 e. The molecule has 0 spiro atoms. The third kappa shape index (κ3) is 3.25. The topological polar surface area (TPSA) is 26.3 Å². The molecule has 0 aliphatic heterocycles. The van der Waals surface area contributed by atoms with Gasteiger partial charge < -0.3 is 4.74 Å². The Kier molecular flexibility index (Phi) is 4.49.